The molecular weight excluding hydrogens is 572 g/mol. The van der Waals surface area contributed by atoms with Gasteiger partial charge in [0.25, 0.3) is 0 Å². The van der Waals surface area contributed by atoms with Crippen molar-refractivity contribution in [1.82, 2.24) is 4.90 Å². The standard InChI is InChI=1S/C32H54N2O10/c1-10-11-12-17(3)28(44-32(33)42)20(6)26(38)21(7)30(40)34(9)15-18(4)24(36)16(2)13-14-23(35)29-27(39)19(5)25(37)22(8)31(41)43-29/h10-14,16-29,35-39H,1,15H2,2-9H3,(H2,33,42)/b12-11-,14-13-/t16?,17-,18?,19+,20-,21+,22+,23-,24?,25-,26-,27-,28-,29?/m0/s1. The SMILES string of the molecule is C=C/C=C\[C@H](C)[C@H](OC(N)=O)[C@@H](C)[C@H](O)[C@@H](C)C(=O)N(C)CC(C)C(O)C(C)/C=C\[C@H](O)C1OC(=O)[C@H](C)[C@@H](O)[C@@H](C)[C@@H]1O. The maximum atomic E-state index is 13.2. The topological polar surface area (TPSA) is 200 Å². The van der Waals surface area contributed by atoms with E-state index in [9.17, 15) is 39.9 Å². The van der Waals surface area contributed by atoms with Gasteiger partial charge in [-0.3, -0.25) is 9.59 Å². The molecule has 0 aliphatic carbocycles. The van der Waals surface area contributed by atoms with Crippen LogP contribution in [0, 0.1) is 41.4 Å². The molecule has 2 amide bonds. The minimum atomic E-state index is -1.38. The van der Waals surface area contributed by atoms with E-state index in [1.807, 2.05) is 0 Å². The van der Waals surface area contributed by atoms with Crippen LogP contribution < -0.4 is 5.73 Å². The fourth-order valence-electron chi connectivity index (χ4n) is 5.67. The molecule has 1 saturated heterocycles. The Morgan fingerprint density at radius 1 is 1.00 bits per heavy atom. The first-order chi connectivity index (χ1) is 20.4. The fraction of sp³-hybridized carbons (Fsp3) is 0.719. The van der Waals surface area contributed by atoms with Crippen LogP contribution in [0.2, 0.25) is 0 Å². The van der Waals surface area contributed by atoms with Crippen LogP contribution in [0.25, 0.3) is 0 Å². The maximum absolute atomic E-state index is 13.2. The number of primary amides is 1. The van der Waals surface area contributed by atoms with Crippen molar-refractivity contribution in [2.24, 2.45) is 47.2 Å². The van der Waals surface area contributed by atoms with E-state index in [0.717, 1.165) is 0 Å². The number of ether oxygens (including phenoxy) is 2. The highest BCUT2D eigenvalue weighted by Gasteiger charge is 2.44. The van der Waals surface area contributed by atoms with Crippen LogP contribution in [-0.2, 0) is 19.1 Å². The zero-order valence-corrected chi connectivity index (χ0v) is 27.2. The summed E-state index contributed by atoms with van der Waals surface area (Å²) >= 11 is 0. The van der Waals surface area contributed by atoms with Gasteiger partial charge in [-0.2, -0.15) is 0 Å². The third-order valence-electron chi connectivity index (χ3n) is 8.84. The molecule has 0 aromatic rings. The molecule has 44 heavy (non-hydrogen) atoms. The van der Waals surface area contributed by atoms with Crippen LogP contribution >= 0.6 is 0 Å². The van der Waals surface area contributed by atoms with Crippen LogP contribution in [-0.4, -0.2) is 105 Å². The molecule has 1 heterocycles. The number of cyclic esters (lactones) is 1. The highest BCUT2D eigenvalue weighted by atomic mass is 16.6. The van der Waals surface area contributed by atoms with Crippen molar-refractivity contribution < 1.29 is 49.4 Å². The molecule has 1 fully saturated rings. The lowest BCUT2D eigenvalue weighted by Crippen LogP contribution is -2.47. The molecule has 14 atom stereocenters. The summed E-state index contributed by atoms with van der Waals surface area (Å²) in [5.74, 6) is -5.41. The van der Waals surface area contributed by atoms with Crippen molar-refractivity contribution in [3.8, 4) is 0 Å². The second-order valence-electron chi connectivity index (χ2n) is 12.5. The van der Waals surface area contributed by atoms with Gasteiger partial charge in [0, 0.05) is 43.2 Å². The number of nitrogens with zero attached hydrogens (tertiary/aromatic N) is 1. The smallest absolute Gasteiger partial charge is 0.404 e. The highest BCUT2D eigenvalue weighted by molar-refractivity contribution is 5.79. The quantitative estimate of drug-likeness (QED) is 0.0877. The summed E-state index contributed by atoms with van der Waals surface area (Å²) in [7, 11) is 1.56. The zero-order chi connectivity index (χ0) is 34.0. The molecule has 0 aromatic heterocycles. The Morgan fingerprint density at radius 3 is 2.14 bits per heavy atom. The van der Waals surface area contributed by atoms with E-state index in [-0.39, 0.29) is 18.4 Å². The molecule has 4 unspecified atom stereocenters. The molecule has 1 aliphatic heterocycles. The molecule has 0 radical (unpaired) electrons. The molecule has 12 nitrogen and oxygen atoms in total. The van der Waals surface area contributed by atoms with Gasteiger partial charge in [-0.1, -0.05) is 78.5 Å². The number of hydrogen-bond donors (Lipinski definition) is 6. The molecular formula is C32H54N2O10. The lowest BCUT2D eigenvalue weighted by molar-refractivity contribution is -0.163. The number of nitrogens with two attached hydrogens (primary N) is 1. The van der Waals surface area contributed by atoms with E-state index in [2.05, 4.69) is 6.58 Å². The third-order valence-corrected chi connectivity index (χ3v) is 8.84. The second-order valence-corrected chi connectivity index (χ2v) is 12.5. The number of rotatable bonds is 15. The maximum Gasteiger partial charge on any atom is 0.404 e. The predicted octanol–water partition coefficient (Wildman–Crippen LogP) is 1.39. The Kier molecular flexibility index (Phi) is 15.7. The van der Waals surface area contributed by atoms with Crippen LogP contribution in [0.3, 0.4) is 0 Å². The van der Waals surface area contributed by atoms with Crippen LogP contribution in [0.4, 0.5) is 4.79 Å². The van der Waals surface area contributed by atoms with Gasteiger partial charge in [0.05, 0.1) is 36.3 Å². The molecule has 1 aliphatic rings. The summed E-state index contributed by atoms with van der Waals surface area (Å²) in [5, 5.41) is 53.5. The number of esters is 1. The number of hydrogen-bond acceptors (Lipinski definition) is 10. The first-order valence-corrected chi connectivity index (χ1v) is 15.2. The van der Waals surface area contributed by atoms with Crippen LogP contribution in [0.5, 0.6) is 0 Å². The summed E-state index contributed by atoms with van der Waals surface area (Å²) in [6.45, 7) is 15.3. The molecule has 7 N–H and O–H groups in total. The van der Waals surface area contributed by atoms with Gasteiger partial charge in [-0.25, -0.2) is 4.79 Å². The molecule has 0 bridgehead atoms. The zero-order valence-electron chi connectivity index (χ0n) is 27.2. The van der Waals surface area contributed by atoms with Gasteiger partial charge in [0.2, 0.25) is 5.91 Å². The van der Waals surface area contributed by atoms with Crippen molar-refractivity contribution in [2.75, 3.05) is 13.6 Å². The Balaban J connectivity index is 2.87. The number of amides is 2. The largest absolute Gasteiger partial charge is 0.456 e. The number of carbonyl (C=O) groups excluding carboxylic acids is 3. The van der Waals surface area contributed by atoms with Crippen LogP contribution in [0.15, 0.2) is 37.0 Å². The number of aliphatic hydroxyl groups excluding tert-OH is 5. The first kappa shape index (κ1) is 39.3. The summed E-state index contributed by atoms with van der Waals surface area (Å²) in [4.78, 5) is 38.4. The van der Waals surface area contributed by atoms with E-state index in [0.29, 0.717) is 0 Å². The number of carbonyl (C=O) groups is 3. The van der Waals surface area contributed by atoms with Crippen molar-refractivity contribution in [1.29, 1.82) is 0 Å². The number of aliphatic hydroxyl groups is 5. The Hall–Kier alpha value is -2.77. The van der Waals surface area contributed by atoms with Crippen molar-refractivity contribution >= 4 is 18.0 Å². The number of allylic oxidation sites excluding steroid dienone is 2. The van der Waals surface area contributed by atoms with Crippen molar-refractivity contribution in [3.63, 3.8) is 0 Å². The van der Waals surface area contributed by atoms with E-state index >= 15 is 0 Å². The predicted molar refractivity (Wildman–Crippen MR) is 165 cm³/mol. The first-order valence-electron chi connectivity index (χ1n) is 15.2. The lowest BCUT2D eigenvalue weighted by Gasteiger charge is -2.35. The van der Waals surface area contributed by atoms with Gasteiger partial charge < -0.3 is 45.6 Å². The third kappa shape index (κ3) is 10.4. The van der Waals surface area contributed by atoms with E-state index < -0.39 is 90.3 Å². The average Bonchev–Trinajstić information content (AvgIpc) is 3.05. The van der Waals surface area contributed by atoms with Crippen molar-refractivity contribution in [3.05, 3.63) is 37.0 Å². The molecule has 12 heteroatoms. The monoisotopic (exact) mass is 626 g/mol. The van der Waals surface area contributed by atoms with Gasteiger partial charge in [0.1, 0.15) is 12.2 Å². The lowest BCUT2D eigenvalue weighted by atomic mass is 9.83. The molecule has 0 spiro atoms. The van der Waals surface area contributed by atoms with Gasteiger partial charge in [-0.05, 0) is 6.92 Å². The van der Waals surface area contributed by atoms with Crippen molar-refractivity contribution in [2.45, 2.75) is 91.2 Å². The minimum absolute atomic E-state index is 0.151. The van der Waals surface area contributed by atoms with E-state index in [4.69, 9.17) is 15.2 Å². The van der Waals surface area contributed by atoms with E-state index in [1.165, 1.54) is 17.9 Å². The second kappa shape index (κ2) is 17.6. The Labute approximate surface area is 261 Å². The normalized spacial score (nSPS) is 28.9. The van der Waals surface area contributed by atoms with Gasteiger partial charge in [-0.15, -0.1) is 0 Å². The average molecular weight is 627 g/mol. The Bertz CT molecular complexity index is 1020. The van der Waals surface area contributed by atoms with Crippen LogP contribution in [0.1, 0.15) is 48.5 Å². The summed E-state index contributed by atoms with van der Waals surface area (Å²) in [6.07, 6.45) is -1.10. The van der Waals surface area contributed by atoms with Gasteiger partial charge >= 0.3 is 12.1 Å². The van der Waals surface area contributed by atoms with E-state index in [1.54, 1.807) is 72.9 Å². The highest BCUT2D eigenvalue weighted by Crippen LogP contribution is 2.29. The molecule has 1 rings (SSSR count). The van der Waals surface area contributed by atoms with Gasteiger partial charge in [0.15, 0.2) is 6.10 Å². The Morgan fingerprint density at radius 2 is 1.59 bits per heavy atom. The fourth-order valence-corrected chi connectivity index (χ4v) is 5.67. The molecule has 0 saturated carbocycles. The minimum Gasteiger partial charge on any atom is -0.456 e. The summed E-state index contributed by atoms with van der Waals surface area (Å²) in [5.41, 5.74) is 5.25. The molecule has 0 aromatic carbocycles. The summed E-state index contributed by atoms with van der Waals surface area (Å²) in [6, 6.07) is 0. The molecule has 252 valence electrons. The summed E-state index contributed by atoms with van der Waals surface area (Å²) < 4.78 is 10.5.